The number of anilines is 2. The summed E-state index contributed by atoms with van der Waals surface area (Å²) in [6, 6.07) is 11.3. The fourth-order valence-corrected chi connectivity index (χ4v) is 2.91. The Balaban J connectivity index is 1.57. The molecule has 122 valence electrons. The number of hydrogen-bond donors (Lipinski definition) is 2. The summed E-state index contributed by atoms with van der Waals surface area (Å²) in [5, 5.41) is 8.31. The van der Waals surface area contributed by atoms with Crippen molar-refractivity contribution in [2.75, 3.05) is 11.1 Å². The first kappa shape index (κ1) is 14.8. The van der Waals surface area contributed by atoms with Crippen LogP contribution in [0, 0.1) is 12.8 Å². The van der Waals surface area contributed by atoms with E-state index >= 15 is 0 Å². The van der Waals surface area contributed by atoms with Crippen molar-refractivity contribution in [3.63, 3.8) is 0 Å². The fourth-order valence-electron chi connectivity index (χ4n) is 2.91. The Hall–Kier alpha value is -2.82. The van der Waals surface area contributed by atoms with E-state index in [1.54, 1.807) is 0 Å². The van der Waals surface area contributed by atoms with Gasteiger partial charge in [-0.3, -0.25) is 9.48 Å². The van der Waals surface area contributed by atoms with Gasteiger partial charge in [-0.05, 0) is 61.6 Å². The third-order valence-corrected chi connectivity index (χ3v) is 4.49. The van der Waals surface area contributed by atoms with Gasteiger partial charge in [-0.25, -0.2) is 0 Å². The van der Waals surface area contributed by atoms with E-state index < -0.39 is 0 Å². The van der Waals surface area contributed by atoms with Gasteiger partial charge >= 0.3 is 0 Å². The summed E-state index contributed by atoms with van der Waals surface area (Å²) in [6.45, 7) is 2.93. The number of benzene rings is 2. The SMILES string of the molecule is Cc1ccc(NC(=O)c2ccc3c(cnn3CC3CC3)c2)c(N)c1. The van der Waals surface area contributed by atoms with Crippen molar-refractivity contribution < 1.29 is 4.79 Å². The van der Waals surface area contributed by atoms with Gasteiger partial charge in [0.2, 0.25) is 0 Å². The first-order chi connectivity index (χ1) is 11.6. The molecule has 0 saturated heterocycles. The second-order valence-corrected chi connectivity index (χ2v) is 6.59. The number of hydrogen-bond acceptors (Lipinski definition) is 3. The molecule has 1 aliphatic carbocycles. The lowest BCUT2D eigenvalue weighted by atomic mass is 10.1. The van der Waals surface area contributed by atoms with E-state index in [2.05, 4.69) is 10.4 Å². The maximum atomic E-state index is 12.5. The summed E-state index contributed by atoms with van der Waals surface area (Å²) in [4.78, 5) is 12.5. The molecule has 5 heteroatoms. The van der Waals surface area contributed by atoms with Crippen LogP contribution >= 0.6 is 0 Å². The summed E-state index contributed by atoms with van der Waals surface area (Å²) in [5.74, 6) is 0.600. The molecule has 1 heterocycles. The largest absolute Gasteiger partial charge is 0.397 e. The zero-order chi connectivity index (χ0) is 16.7. The van der Waals surface area contributed by atoms with E-state index in [0.717, 1.165) is 28.9 Å². The molecule has 1 saturated carbocycles. The Bertz CT molecular complexity index is 924. The molecule has 3 aromatic rings. The number of nitrogens with one attached hydrogen (secondary N) is 1. The molecule has 1 amide bonds. The molecule has 2 aromatic carbocycles. The van der Waals surface area contributed by atoms with Gasteiger partial charge in [-0.15, -0.1) is 0 Å². The van der Waals surface area contributed by atoms with Crippen LogP contribution in [0.3, 0.4) is 0 Å². The molecule has 1 aliphatic rings. The van der Waals surface area contributed by atoms with Gasteiger partial charge in [0.1, 0.15) is 0 Å². The monoisotopic (exact) mass is 320 g/mol. The van der Waals surface area contributed by atoms with Crippen molar-refractivity contribution in [2.45, 2.75) is 26.3 Å². The van der Waals surface area contributed by atoms with Crippen molar-refractivity contribution in [1.82, 2.24) is 9.78 Å². The minimum absolute atomic E-state index is 0.164. The Labute approximate surface area is 140 Å². The van der Waals surface area contributed by atoms with Crippen LogP contribution < -0.4 is 11.1 Å². The summed E-state index contributed by atoms with van der Waals surface area (Å²) < 4.78 is 2.03. The van der Waals surface area contributed by atoms with Crippen molar-refractivity contribution in [3.8, 4) is 0 Å². The molecule has 0 unspecified atom stereocenters. The lowest BCUT2D eigenvalue weighted by molar-refractivity contribution is 0.102. The van der Waals surface area contributed by atoms with E-state index in [9.17, 15) is 4.79 Å². The van der Waals surface area contributed by atoms with Crippen LogP contribution in [0.15, 0.2) is 42.6 Å². The van der Waals surface area contributed by atoms with E-state index in [1.165, 1.54) is 12.8 Å². The van der Waals surface area contributed by atoms with Crippen molar-refractivity contribution in [2.24, 2.45) is 5.92 Å². The molecule has 5 nitrogen and oxygen atoms in total. The number of nitrogens with zero attached hydrogens (tertiary/aromatic N) is 2. The zero-order valence-electron chi connectivity index (χ0n) is 13.6. The van der Waals surface area contributed by atoms with Gasteiger partial charge in [0.05, 0.1) is 23.1 Å². The number of carbonyl (C=O) groups excluding carboxylic acids is 1. The zero-order valence-corrected chi connectivity index (χ0v) is 13.6. The van der Waals surface area contributed by atoms with Gasteiger partial charge in [0, 0.05) is 17.5 Å². The molecule has 0 bridgehead atoms. The van der Waals surface area contributed by atoms with E-state index in [1.807, 2.05) is 54.2 Å². The quantitative estimate of drug-likeness (QED) is 0.722. The number of fused-ring (bicyclic) bond motifs is 1. The number of carbonyl (C=O) groups is 1. The highest BCUT2D eigenvalue weighted by Crippen LogP contribution is 2.31. The second-order valence-electron chi connectivity index (χ2n) is 6.59. The van der Waals surface area contributed by atoms with Gasteiger partial charge in [0.25, 0.3) is 5.91 Å². The maximum Gasteiger partial charge on any atom is 0.255 e. The van der Waals surface area contributed by atoms with Crippen LogP contribution in [0.4, 0.5) is 11.4 Å². The van der Waals surface area contributed by atoms with Crippen molar-refractivity contribution in [3.05, 3.63) is 53.7 Å². The highest BCUT2D eigenvalue weighted by atomic mass is 16.1. The fraction of sp³-hybridized carbons (Fsp3) is 0.263. The first-order valence-electron chi connectivity index (χ1n) is 8.23. The summed E-state index contributed by atoms with van der Waals surface area (Å²) >= 11 is 0. The lowest BCUT2D eigenvalue weighted by Crippen LogP contribution is -2.13. The molecule has 0 aliphatic heterocycles. The maximum absolute atomic E-state index is 12.5. The standard InChI is InChI=1S/C19H20N4O/c1-12-2-6-17(16(20)8-12)22-19(24)14-5-7-18-15(9-14)10-21-23(18)11-13-3-4-13/h2,5-10,13H,3-4,11,20H2,1H3,(H,22,24). The minimum atomic E-state index is -0.164. The smallest absolute Gasteiger partial charge is 0.255 e. The van der Waals surface area contributed by atoms with Crippen LogP contribution in [0.25, 0.3) is 10.9 Å². The van der Waals surface area contributed by atoms with Gasteiger partial charge in [-0.2, -0.15) is 5.10 Å². The minimum Gasteiger partial charge on any atom is -0.397 e. The molecule has 0 spiro atoms. The summed E-state index contributed by atoms with van der Waals surface area (Å²) in [5.41, 5.74) is 9.92. The molecule has 24 heavy (non-hydrogen) atoms. The number of nitrogen functional groups attached to an aromatic ring is 1. The molecule has 1 fully saturated rings. The molecule has 1 aromatic heterocycles. The molecular formula is C19H20N4O. The predicted molar refractivity (Wildman–Crippen MR) is 96.0 cm³/mol. The molecule has 0 radical (unpaired) electrons. The number of nitrogens with two attached hydrogens (primary N) is 1. The lowest BCUT2D eigenvalue weighted by Gasteiger charge is -2.09. The molecule has 3 N–H and O–H groups in total. The Kier molecular flexibility index (Phi) is 3.49. The van der Waals surface area contributed by atoms with Crippen molar-refractivity contribution >= 4 is 28.2 Å². The average molecular weight is 320 g/mol. The van der Waals surface area contributed by atoms with Crippen LogP contribution in [-0.2, 0) is 6.54 Å². The van der Waals surface area contributed by atoms with Crippen LogP contribution in [0.5, 0.6) is 0 Å². The third-order valence-electron chi connectivity index (χ3n) is 4.49. The van der Waals surface area contributed by atoms with E-state index in [4.69, 9.17) is 5.73 Å². The van der Waals surface area contributed by atoms with Crippen LogP contribution in [0.2, 0.25) is 0 Å². The molecular weight excluding hydrogens is 300 g/mol. The van der Waals surface area contributed by atoms with E-state index in [0.29, 0.717) is 16.9 Å². The molecule has 0 atom stereocenters. The highest BCUT2D eigenvalue weighted by molar-refractivity contribution is 6.07. The highest BCUT2D eigenvalue weighted by Gasteiger charge is 2.22. The summed E-state index contributed by atoms with van der Waals surface area (Å²) in [6.07, 6.45) is 4.41. The van der Waals surface area contributed by atoms with Gasteiger partial charge < -0.3 is 11.1 Å². The summed E-state index contributed by atoms with van der Waals surface area (Å²) in [7, 11) is 0. The molecule has 4 rings (SSSR count). The Morgan fingerprint density at radius 2 is 2.12 bits per heavy atom. The average Bonchev–Trinajstić information content (AvgIpc) is 3.29. The Morgan fingerprint density at radius 1 is 1.29 bits per heavy atom. The van der Waals surface area contributed by atoms with Gasteiger partial charge in [-0.1, -0.05) is 6.07 Å². The van der Waals surface area contributed by atoms with Crippen LogP contribution in [-0.4, -0.2) is 15.7 Å². The normalized spacial score (nSPS) is 14.0. The van der Waals surface area contributed by atoms with Gasteiger partial charge in [0.15, 0.2) is 0 Å². The number of rotatable bonds is 4. The number of aryl methyl sites for hydroxylation is 1. The van der Waals surface area contributed by atoms with Crippen LogP contribution in [0.1, 0.15) is 28.8 Å². The predicted octanol–water partition coefficient (Wildman–Crippen LogP) is 3.59. The third kappa shape index (κ3) is 2.85. The second kappa shape index (κ2) is 5.67. The number of amides is 1. The number of aromatic nitrogens is 2. The van der Waals surface area contributed by atoms with E-state index in [-0.39, 0.29) is 5.91 Å². The topological polar surface area (TPSA) is 72.9 Å². The Morgan fingerprint density at radius 3 is 2.88 bits per heavy atom. The van der Waals surface area contributed by atoms with Crippen molar-refractivity contribution in [1.29, 1.82) is 0 Å². The first-order valence-corrected chi connectivity index (χ1v) is 8.23.